The van der Waals surface area contributed by atoms with Crippen LogP contribution in [-0.4, -0.2) is 25.1 Å². The van der Waals surface area contributed by atoms with Crippen molar-refractivity contribution in [1.29, 1.82) is 0 Å². The summed E-state index contributed by atoms with van der Waals surface area (Å²) in [5.41, 5.74) is 5.96. The average molecular weight is 387 g/mol. The molecule has 1 aliphatic heterocycles. The third kappa shape index (κ3) is 5.20. The summed E-state index contributed by atoms with van der Waals surface area (Å²) in [6, 6.07) is 4.30. The molecular formula is C23H30O3S. The molecule has 1 unspecified atom stereocenters. The zero-order chi connectivity index (χ0) is 19.6. The maximum absolute atomic E-state index is 12.7. The van der Waals surface area contributed by atoms with E-state index in [1.807, 2.05) is 0 Å². The van der Waals surface area contributed by atoms with Gasteiger partial charge in [0.1, 0.15) is 18.5 Å². The predicted molar refractivity (Wildman–Crippen MR) is 111 cm³/mol. The smallest absolute Gasteiger partial charge is 0.173 e. The van der Waals surface area contributed by atoms with Crippen molar-refractivity contribution >= 4 is 17.1 Å². The summed E-state index contributed by atoms with van der Waals surface area (Å²) in [4.78, 5) is 13.7. The second-order valence-corrected chi connectivity index (χ2v) is 8.94. The van der Waals surface area contributed by atoms with Gasteiger partial charge >= 0.3 is 0 Å². The van der Waals surface area contributed by atoms with Crippen molar-refractivity contribution in [1.82, 2.24) is 0 Å². The van der Waals surface area contributed by atoms with Crippen LogP contribution in [0.5, 0.6) is 5.75 Å². The number of ether oxygens (including phenoxy) is 2. The number of epoxide rings is 1. The third-order valence-corrected chi connectivity index (χ3v) is 6.17. The minimum Gasteiger partial charge on any atom is -0.490 e. The van der Waals surface area contributed by atoms with Crippen LogP contribution in [0.3, 0.4) is 0 Å². The molecule has 0 saturated carbocycles. The molecular weight excluding hydrogens is 356 g/mol. The number of rotatable bonds is 9. The lowest BCUT2D eigenvalue weighted by atomic mass is 9.98. The number of ketones is 1. The van der Waals surface area contributed by atoms with E-state index >= 15 is 0 Å². The Morgan fingerprint density at radius 3 is 2.52 bits per heavy atom. The maximum Gasteiger partial charge on any atom is 0.173 e. The Hall–Kier alpha value is -1.65. The largest absolute Gasteiger partial charge is 0.490 e. The first-order chi connectivity index (χ1) is 12.8. The van der Waals surface area contributed by atoms with Gasteiger partial charge in [0.25, 0.3) is 0 Å². The van der Waals surface area contributed by atoms with Crippen molar-refractivity contribution in [3.8, 4) is 5.75 Å². The number of Topliss-reactive ketones (excluding diaryl/α,β-unsaturated/α-hetero) is 1. The zero-order valence-corrected chi connectivity index (χ0v) is 17.9. The van der Waals surface area contributed by atoms with Crippen molar-refractivity contribution in [2.75, 3.05) is 13.2 Å². The summed E-state index contributed by atoms with van der Waals surface area (Å²) in [5.74, 6) is 1.82. The van der Waals surface area contributed by atoms with Gasteiger partial charge in [0.2, 0.25) is 0 Å². The van der Waals surface area contributed by atoms with Crippen LogP contribution in [-0.2, 0) is 17.6 Å². The number of carbonyl (C=O) groups is 1. The first-order valence-corrected chi connectivity index (χ1v) is 10.7. The summed E-state index contributed by atoms with van der Waals surface area (Å²) in [6.07, 6.45) is 2.62. The molecule has 0 amide bonds. The van der Waals surface area contributed by atoms with Crippen molar-refractivity contribution in [3.05, 3.63) is 50.2 Å². The molecule has 0 aliphatic carbocycles. The molecule has 1 atom stereocenters. The van der Waals surface area contributed by atoms with Gasteiger partial charge in [-0.25, -0.2) is 0 Å². The molecule has 0 radical (unpaired) electrons. The fourth-order valence-electron chi connectivity index (χ4n) is 3.49. The van der Waals surface area contributed by atoms with Crippen LogP contribution in [0.15, 0.2) is 17.5 Å². The van der Waals surface area contributed by atoms with Gasteiger partial charge in [-0.1, -0.05) is 26.0 Å². The van der Waals surface area contributed by atoms with Gasteiger partial charge in [-0.3, -0.25) is 4.79 Å². The summed E-state index contributed by atoms with van der Waals surface area (Å²) in [7, 11) is 0. The first-order valence-electron chi connectivity index (χ1n) is 9.79. The number of thiophene rings is 1. The molecule has 4 heteroatoms. The molecule has 1 fully saturated rings. The van der Waals surface area contributed by atoms with E-state index in [4.69, 9.17) is 9.47 Å². The van der Waals surface area contributed by atoms with Gasteiger partial charge in [0.15, 0.2) is 5.78 Å². The van der Waals surface area contributed by atoms with Crippen LogP contribution in [0.1, 0.15) is 57.8 Å². The van der Waals surface area contributed by atoms with Crippen LogP contribution in [0, 0.1) is 26.7 Å². The molecule has 1 aromatic heterocycles. The summed E-state index contributed by atoms with van der Waals surface area (Å²) in [6.45, 7) is 12.1. The van der Waals surface area contributed by atoms with Crippen molar-refractivity contribution in [3.63, 3.8) is 0 Å². The van der Waals surface area contributed by atoms with Gasteiger partial charge in [0, 0.05) is 6.42 Å². The van der Waals surface area contributed by atoms with Crippen LogP contribution in [0.4, 0.5) is 0 Å². The number of hydrogen-bond acceptors (Lipinski definition) is 4. The Morgan fingerprint density at radius 2 is 1.93 bits per heavy atom. The van der Waals surface area contributed by atoms with E-state index < -0.39 is 0 Å². The molecule has 0 spiro atoms. The molecule has 1 saturated heterocycles. The van der Waals surface area contributed by atoms with Crippen LogP contribution >= 0.6 is 11.3 Å². The number of benzene rings is 1. The highest BCUT2D eigenvalue weighted by atomic mass is 32.1. The summed E-state index contributed by atoms with van der Waals surface area (Å²) in [5, 5.41) is 2.16. The molecule has 1 aliphatic rings. The second kappa shape index (κ2) is 8.57. The third-order valence-electron chi connectivity index (χ3n) is 5.00. The Labute approximate surface area is 166 Å². The lowest BCUT2D eigenvalue weighted by Gasteiger charge is -2.13. The highest BCUT2D eigenvalue weighted by molar-refractivity contribution is 7.12. The molecule has 0 N–H and O–H groups in total. The highest BCUT2D eigenvalue weighted by Crippen LogP contribution is 2.28. The molecule has 3 nitrogen and oxygen atoms in total. The fourth-order valence-corrected chi connectivity index (χ4v) is 4.57. The van der Waals surface area contributed by atoms with Crippen molar-refractivity contribution < 1.29 is 14.3 Å². The topological polar surface area (TPSA) is 38.8 Å². The van der Waals surface area contributed by atoms with E-state index in [9.17, 15) is 4.79 Å². The van der Waals surface area contributed by atoms with Gasteiger partial charge in [-0.15, -0.1) is 11.3 Å². The van der Waals surface area contributed by atoms with E-state index in [-0.39, 0.29) is 11.9 Å². The first kappa shape index (κ1) is 20.1. The monoisotopic (exact) mass is 386 g/mol. The Bertz CT molecular complexity index is 792. The summed E-state index contributed by atoms with van der Waals surface area (Å²) >= 11 is 1.60. The van der Waals surface area contributed by atoms with Gasteiger partial charge < -0.3 is 9.47 Å². The number of aryl methyl sites for hydroxylation is 3. The van der Waals surface area contributed by atoms with Gasteiger partial charge in [-0.05, 0) is 72.7 Å². The lowest BCUT2D eigenvalue weighted by Crippen LogP contribution is -2.07. The van der Waals surface area contributed by atoms with Crippen molar-refractivity contribution in [2.24, 2.45) is 5.92 Å². The highest BCUT2D eigenvalue weighted by Gasteiger charge is 2.24. The predicted octanol–water partition coefficient (Wildman–Crippen LogP) is 5.46. The average Bonchev–Trinajstić information content (AvgIpc) is 3.35. The van der Waals surface area contributed by atoms with E-state index in [1.165, 1.54) is 16.7 Å². The SMILES string of the molecule is Cc1cc(CCC(=O)c2scc(CC(C)C)c2C)cc(C)c1OCC1CO1. The summed E-state index contributed by atoms with van der Waals surface area (Å²) < 4.78 is 11.1. The Balaban J connectivity index is 1.62. The lowest BCUT2D eigenvalue weighted by molar-refractivity contribution is 0.0986. The van der Waals surface area contributed by atoms with Gasteiger partial charge in [0.05, 0.1) is 11.5 Å². The molecule has 0 bridgehead atoms. The quantitative estimate of drug-likeness (QED) is 0.424. The van der Waals surface area contributed by atoms with E-state index in [0.29, 0.717) is 18.9 Å². The molecule has 1 aromatic carbocycles. The minimum atomic E-state index is 0.258. The zero-order valence-electron chi connectivity index (χ0n) is 17.1. The second-order valence-electron chi connectivity index (χ2n) is 8.06. The number of hydrogen-bond donors (Lipinski definition) is 0. The molecule has 3 rings (SSSR count). The standard InChI is InChI=1S/C23H30O3S/c1-14(2)8-19-13-27-23(17(19)5)21(24)7-6-18-9-15(3)22(16(4)10-18)26-12-20-11-25-20/h9-10,13-14,20H,6-8,11-12H2,1-5H3. The van der Waals surface area contributed by atoms with Crippen LogP contribution < -0.4 is 4.74 Å². The van der Waals surface area contributed by atoms with E-state index in [2.05, 4.69) is 52.1 Å². The molecule has 2 heterocycles. The van der Waals surface area contributed by atoms with Crippen LogP contribution in [0.2, 0.25) is 0 Å². The Morgan fingerprint density at radius 1 is 1.26 bits per heavy atom. The van der Waals surface area contributed by atoms with Gasteiger partial charge in [-0.2, -0.15) is 0 Å². The molecule has 146 valence electrons. The maximum atomic E-state index is 12.7. The normalized spacial score (nSPS) is 16.0. The Kier molecular flexibility index (Phi) is 6.38. The fraction of sp³-hybridized carbons (Fsp3) is 0.522. The van der Waals surface area contributed by atoms with E-state index in [1.54, 1.807) is 11.3 Å². The molecule has 27 heavy (non-hydrogen) atoms. The van der Waals surface area contributed by atoms with Crippen LogP contribution in [0.25, 0.3) is 0 Å². The molecule has 2 aromatic rings. The van der Waals surface area contributed by atoms with E-state index in [0.717, 1.165) is 41.2 Å². The minimum absolute atomic E-state index is 0.258. The number of carbonyl (C=O) groups excluding carboxylic acids is 1. The van der Waals surface area contributed by atoms with Crippen molar-refractivity contribution in [2.45, 2.75) is 60.0 Å².